The Hall–Kier alpha value is -0.640. The van der Waals surface area contributed by atoms with E-state index < -0.39 is 5.41 Å². The van der Waals surface area contributed by atoms with Crippen molar-refractivity contribution in [3.63, 3.8) is 0 Å². The lowest BCUT2D eigenvalue weighted by Gasteiger charge is -2.29. The second kappa shape index (κ2) is 4.92. The van der Waals surface area contributed by atoms with Crippen LogP contribution >= 0.6 is 12.2 Å². The third kappa shape index (κ3) is 2.68. The van der Waals surface area contributed by atoms with Gasteiger partial charge < -0.3 is 9.64 Å². The number of nitrogens with zero attached hydrogens (tertiary/aromatic N) is 1. The van der Waals surface area contributed by atoms with Gasteiger partial charge in [0.2, 0.25) is 5.91 Å². The fourth-order valence-electron chi connectivity index (χ4n) is 1.71. The average molecular weight is 229 g/mol. The molecular weight excluding hydrogens is 210 g/mol. The van der Waals surface area contributed by atoms with E-state index in [0.29, 0.717) is 11.7 Å². The van der Waals surface area contributed by atoms with Gasteiger partial charge in [-0.2, -0.15) is 0 Å². The Morgan fingerprint density at radius 1 is 1.40 bits per heavy atom. The zero-order valence-corrected chi connectivity index (χ0v) is 10.5. The molecule has 0 unspecified atom stereocenters. The van der Waals surface area contributed by atoms with E-state index in [4.69, 9.17) is 17.0 Å². The van der Waals surface area contributed by atoms with Gasteiger partial charge in [-0.1, -0.05) is 0 Å². The molecule has 15 heavy (non-hydrogen) atoms. The van der Waals surface area contributed by atoms with E-state index in [1.54, 1.807) is 0 Å². The zero-order chi connectivity index (χ0) is 11.5. The van der Waals surface area contributed by atoms with Crippen molar-refractivity contribution >= 4 is 23.2 Å². The molecule has 1 heterocycles. The van der Waals surface area contributed by atoms with Gasteiger partial charge in [-0.05, 0) is 45.8 Å². The van der Waals surface area contributed by atoms with Crippen molar-refractivity contribution in [2.45, 2.75) is 33.6 Å². The van der Waals surface area contributed by atoms with E-state index in [0.717, 1.165) is 25.9 Å². The van der Waals surface area contributed by atoms with Crippen molar-refractivity contribution < 1.29 is 9.53 Å². The first kappa shape index (κ1) is 12.4. The zero-order valence-electron chi connectivity index (χ0n) is 9.71. The van der Waals surface area contributed by atoms with E-state index in [-0.39, 0.29) is 5.91 Å². The fraction of sp³-hybridized carbons (Fsp3) is 0.818. The van der Waals surface area contributed by atoms with Gasteiger partial charge in [0.25, 0.3) is 0 Å². The summed E-state index contributed by atoms with van der Waals surface area (Å²) in [5, 5.41) is 0.405. The van der Waals surface area contributed by atoms with Gasteiger partial charge in [-0.25, -0.2) is 0 Å². The highest BCUT2D eigenvalue weighted by molar-refractivity contribution is 7.80. The van der Waals surface area contributed by atoms with Crippen LogP contribution in [0.2, 0.25) is 0 Å². The monoisotopic (exact) mass is 229 g/mol. The van der Waals surface area contributed by atoms with E-state index in [2.05, 4.69) is 0 Å². The quantitative estimate of drug-likeness (QED) is 0.693. The standard InChI is InChI=1S/C11H19NO2S/c1-4-14-10(15)11(2,3)9(13)12-7-5-6-8-12/h4-8H2,1-3H3. The van der Waals surface area contributed by atoms with Gasteiger partial charge in [0.05, 0.1) is 6.61 Å². The van der Waals surface area contributed by atoms with Gasteiger partial charge in [0.1, 0.15) is 5.41 Å². The highest BCUT2D eigenvalue weighted by atomic mass is 32.1. The molecule has 1 rings (SSSR count). The maximum absolute atomic E-state index is 12.1. The minimum absolute atomic E-state index is 0.0958. The third-order valence-corrected chi connectivity index (χ3v) is 3.34. The number of thiocarbonyl (C=S) groups is 1. The van der Waals surface area contributed by atoms with Crippen LogP contribution in [-0.4, -0.2) is 35.6 Å². The SMILES string of the molecule is CCOC(=S)C(C)(C)C(=O)N1CCCC1. The second-order valence-electron chi connectivity index (χ2n) is 4.34. The van der Waals surface area contributed by atoms with Crippen LogP contribution in [0.4, 0.5) is 0 Å². The lowest BCUT2D eigenvalue weighted by atomic mass is 9.92. The van der Waals surface area contributed by atoms with Crippen LogP contribution in [0.5, 0.6) is 0 Å². The summed E-state index contributed by atoms with van der Waals surface area (Å²) in [7, 11) is 0. The predicted molar refractivity (Wildman–Crippen MR) is 63.8 cm³/mol. The summed E-state index contributed by atoms with van der Waals surface area (Å²) in [4.78, 5) is 14.0. The molecule has 1 aliphatic rings. The van der Waals surface area contributed by atoms with Crippen LogP contribution in [0, 0.1) is 5.41 Å². The summed E-state index contributed by atoms with van der Waals surface area (Å²) in [5.74, 6) is 0.0958. The smallest absolute Gasteiger partial charge is 0.236 e. The van der Waals surface area contributed by atoms with Gasteiger partial charge in [-0.15, -0.1) is 0 Å². The van der Waals surface area contributed by atoms with Crippen molar-refractivity contribution in [2.75, 3.05) is 19.7 Å². The normalized spacial score (nSPS) is 16.6. The molecule has 3 nitrogen and oxygen atoms in total. The summed E-state index contributed by atoms with van der Waals surface area (Å²) < 4.78 is 5.27. The Bertz CT molecular complexity index is 257. The Labute approximate surface area is 96.8 Å². The molecule has 0 aliphatic carbocycles. The molecule has 1 aliphatic heterocycles. The van der Waals surface area contributed by atoms with Crippen LogP contribution in [-0.2, 0) is 9.53 Å². The number of carbonyl (C=O) groups is 1. The number of hydrogen-bond acceptors (Lipinski definition) is 3. The summed E-state index contributed by atoms with van der Waals surface area (Å²) in [6, 6.07) is 0. The minimum Gasteiger partial charge on any atom is -0.486 e. The van der Waals surface area contributed by atoms with E-state index in [9.17, 15) is 4.79 Å². The van der Waals surface area contributed by atoms with Crippen LogP contribution < -0.4 is 0 Å². The van der Waals surface area contributed by atoms with Crippen molar-refractivity contribution in [3.05, 3.63) is 0 Å². The summed E-state index contributed by atoms with van der Waals surface area (Å²) in [6.45, 7) is 7.80. The molecule has 0 aromatic carbocycles. The first-order valence-corrected chi connectivity index (χ1v) is 5.87. The van der Waals surface area contributed by atoms with E-state index >= 15 is 0 Å². The molecule has 0 bridgehead atoms. The molecule has 1 fully saturated rings. The molecule has 1 amide bonds. The Kier molecular flexibility index (Phi) is 4.08. The van der Waals surface area contributed by atoms with Gasteiger partial charge in [0, 0.05) is 13.1 Å². The Morgan fingerprint density at radius 3 is 2.40 bits per heavy atom. The molecular formula is C11H19NO2S. The summed E-state index contributed by atoms with van der Waals surface area (Å²) in [6.07, 6.45) is 2.20. The van der Waals surface area contributed by atoms with Gasteiger partial charge >= 0.3 is 0 Å². The predicted octanol–water partition coefficient (Wildman–Crippen LogP) is 2.00. The number of ether oxygens (including phenoxy) is 1. The minimum atomic E-state index is -0.671. The number of likely N-dealkylation sites (tertiary alicyclic amines) is 1. The topological polar surface area (TPSA) is 29.5 Å². The molecule has 0 N–H and O–H groups in total. The van der Waals surface area contributed by atoms with Crippen LogP contribution in [0.15, 0.2) is 0 Å². The number of carbonyl (C=O) groups excluding carboxylic acids is 1. The van der Waals surface area contributed by atoms with Crippen molar-refractivity contribution in [3.8, 4) is 0 Å². The van der Waals surface area contributed by atoms with Crippen molar-refractivity contribution in [1.82, 2.24) is 4.90 Å². The molecule has 0 radical (unpaired) electrons. The summed E-state index contributed by atoms with van der Waals surface area (Å²) >= 11 is 5.13. The van der Waals surface area contributed by atoms with Gasteiger partial charge in [-0.3, -0.25) is 4.79 Å². The van der Waals surface area contributed by atoms with Gasteiger partial charge in [0.15, 0.2) is 5.05 Å². The average Bonchev–Trinajstić information content (AvgIpc) is 2.69. The molecule has 0 spiro atoms. The lowest BCUT2D eigenvalue weighted by Crippen LogP contribution is -2.44. The maximum atomic E-state index is 12.1. The largest absolute Gasteiger partial charge is 0.486 e. The highest BCUT2D eigenvalue weighted by Gasteiger charge is 2.38. The van der Waals surface area contributed by atoms with E-state index in [1.165, 1.54) is 0 Å². The highest BCUT2D eigenvalue weighted by Crippen LogP contribution is 2.24. The number of amides is 1. The molecule has 4 heteroatoms. The lowest BCUT2D eigenvalue weighted by molar-refractivity contribution is -0.136. The molecule has 0 aromatic heterocycles. The van der Waals surface area contributed by atoms with Crippen LogP contribution in [0.3, 0.4) is 0 Å². The van der Waals surface area contributed by atoms with Crippen molar-refractivity contribution in [1.29, 1.82) is 0 Å². The number of rotatable bonds is 3. The first-order chi connectivity index (χ1) is 7.00. The molecule has 86 valence electrons. The Balaban J connectivity index is 2.66. The number of hydrogen-bond donors (Lipinski definition) is 0. The Morgan fingerprint density at radius 2 is 1.93 bits per heavy atom. The fourth-order valence-corrected chi connectivity index (χ4v) is 1.92. The van der Waals surface area contributed by atoms with E-state index in [1.807, 2.05) is 25.7 Å². The molecule has 0 atom stereocenters. The maximum Gasteiger partial charge on any atom is 0.236 e. The molecule has 0 saturated carbocycles. The third-order valence-electron chi connectivity index (χ3n) is 2.71. The van der Waals surface area contributed by atoms with Crippen LogP contribution in [0.25, 0.3) is 0 Å². The molecule has 0 aromatic rings. The van der Waals surface area contributed by atoms with Crippen LogP contribution in [0.1, 0.15) is 33.6 Å². The summed E-state index contributed by atoms with van der Waals surface area (Å²) in [5.41, 5.74) is -0.671. The molecule has 1 saturated heterocycles. The first-order valence-electron chi connectivity index (χ1n) is 5.46. The van der Waals surface area contributed by atoms with Crippen molar-refractivity contribution in [2.24, 2.45) is 5.41 Å². The second-order valence-corrected chi connectivity index (χ2v) is 4.72.